The minimum absolute atomic E-state index is 0.0662. The predicted octanol–water partition coefficient (Wildman–Crippen LogP) is 4.10. The third kappa shape index (κ3) is 3.80. The average Bonchev–Trinajstić information content (AvgIpc) is 3.15. The molecule has 0 bridgehead atoms. The number of esters is 1. The number of thiazole rings is 1. The summed E-state index contributed by atoms with van der Waals surface area (Å²) in [5.41, 5.74) is -0.433. The molecule has 1 aliphatic rings. The molecule has 0 aliphatic carbocycles. The van der Waals surface area contributed by atoms with E-state index in [1.165, 1.54) is 12.1 Å². The van der Waals surface area contributed by atoms with Crippen LogP contribution in [0.25, 0.3) is 10.2 Å². The summed E-state index contributed by atoms with van der Waals surface area (Å²) in [5, 5.41) is 0.0822. The molecule has 2 heterocycles. The second-order valence-corrected chi connectivity index (χ2v) is 7.65. The number of carbonyl (C=O) groups excluding carboxylic acids is 2. The van der Waals surface area contributed by atoms with Crippen molar-refractivity contribution in [3.8, 4) is 5.75 Å². The molecule has 1 amide bonds. The van der Waals surface area contributed by atoms with Crippen LogP contribution in [-0.2, 0) is 20.9 Å². The number of hydrogen-bond donors (Lipinski definition) is 0. The smallest absolute Gasteiger partial charge is 0.310 e. The van der Waals surface area contributed by atoms with Crippen LogP contribution in [-0.4, -0.2) is 29.6 Å². The first-order valence-electron chi connectivity index (χ1n) is 9.15. The van der Waals surface area contributed by atoms with Gasteiger partial charge < -0.3 is 9.47 Å². The van der Waals surface area contributed by atoms with Crippen LogP contribution in [0, 0.1) is 23.3 Å². The van der Waals surface area contributed by atoms with Crippen LogP contribution < -0.4 is 9.64 Å². The van der Waals surface area contributed by atoms with E-state index in [9.17, 15) is 27.2 Å². The molecule has 0 N–H and O–H groups in total. The van der Waals surface area contributed by atoms with Crippen LogP contribution in [0.15, 0.2) is 24.3 Å². The van der Waals surface area contributed by atoms with Gasteiger partial charge in [-0.15, -0.1) is 11.3 Å². The van der Waals surface area contributed by atoms with Gasteiger partial charge in [-0.05, 0) is 19.1 Å². The van der Waals surface area contributed by atoms with E-state index in [1.54, 1.807) is 6.92 Å². The van der Waals surface area contributed by atoms with Crippen molar-refractivity contribution in [2.75, 3.05) is 11.5 Å². The lowest BCUT2D eigenvalue weighted by Gasteiger charge is -2.33. The number of anilines is 1. The van der Waals surface area contributed by atoms with E-state index in [1.807, 2.05) is 0 Å². The van der Waals surface area contributed by atoms with Crippen LogP contribution in [0.3, 0.4) is 0 Å². The number of para-hydroxylation sites is 1. The SMILES string of the molecule is CCOC(=O)CC1Oc2c(F)cccc2N(Cc2nc3c(F)c(F)cc(F)c3s2)C1=O. The molecule has 1 unspecified atom stereocenters. The molecule has 0 spiro atoms. The van der Waals surface area contributed by atoms with E-state index in [0.29, 0.717) is 6.07 Å². The molecule has 31 heavy (non-hydrogen) atoms. The minimum atomic E-state index is -1.38. The number of benzene rings is 2. The number of amides is 1. The van der Waals surface area contributed by atoms with Crippen molar-refractivity contribution in [1.29, 1.82) is 0 Å². The van der Waals surface area contributed by atoms with Gasteiger partial charge in [-0.3, -0.25) is 14.5 Å². The number of aromatic nitrogens is 1. The van der Waals surface area contributed by atoms with Crippen molar-refractivity contribution in [2.45, 2.75) is 26.0 Å². The number of carbonyl (C=O) groups is 2. The molecule has 1 atom stereocenters. The third-order valence-corrected chi connectivity index (χ3v) is 5.60. The molecule has 0 fully saturated rings. The number of fused-ring (bicyclic) bond motifs is 2. The molecule has 11 heteroatoms. The Bertz CT molecular complexity index is 1200. The zero-order valence-corrected chi connectivity index (χ0v) is 16.8. The fraction of sp³-hybridized carbons (Fsp3) is 0.250. The van der Waals surface area contributed by atoms with E-state index >= 15 is 0 Å². The van der Waals surface area contributed by atoms with E-state index in [0.717, 1.165) is 22.3 Å². The Labute approximate surface area is 177 Å². The van der Waals surface area contributed by atoms with Crippen LogP contribution in [0.5, 0.6) is 5.75 Å². The van der Waals surface area contributed by atoms with E-state index in [4.69, 9.17) is 9.47 Å². The van der Waals surface area contributed by atoms with Crippen molar-refractivity contribution in [3.63, 3.8) is 0 Å². The Balaban J connectivity index is 1.72. The lowest BCUT2D eigenvalue weighted by molar-refractivity contribution is -0.147. The molecule has 162 valence electrons. The van der Waals surface area contributed by atoms with Crippen molar-refractivity contribution in [2.24, 2.45) is 0 Å². The molecule has 6 nitrogen and oxygen atoms in total. The van der Waals surface area contributed by atoms with Crippen LogP contribution in [0.1, 0.15) is 18.4 Å². The van der Waals surface area contributed by atoms with E-state index < -0.39 is 53.2 Å². The molecule has 0 saturated carbocycles. The Morgan fingerprint density at radius 3 is 2.74 bits per heavy atom. The summed E-state index contributed by atoms with van der Waals surface area (Å²) < 4.78 is 65.9. The summed E-state index contributed by atoms with van der Waals surface area (Å²) in [7, 11) is 0. The molecule has 3 aromatic rings. The number of rotatable bonds is 5. The Morgan fingerprint density at radius 2 is 2.00 bits per heavy atom. The first-order valence-corrected chi connectivity index (χ1v) is 9.96. The predicted molar refractivity (Wildman–Crippen MR) is 103 cm³/mol. The summed E-state index contributed by atoms with van der Waals surface area (Å²) >= 11 is 0.732. The number of nitrogens with zero attached hydrogens (tertiary/aromatic N) is 2. The van der Waals surface area contributed by atoms with Gasteiger partial charge >= 0.3 is 5.97 Å². The lowest BCUT2D eigenvalue weighted by atomic mass is 10.1. The third-order valence-electron chi connectivity index (χ3n) is 4.55. The van der Waals surface area contributed by atoms with Gasteiger partial charge in [-0.25, -0.2) is 22.5 Å². The standard InChI is InChI=1S/C20H14F4N2O4S/c1-2-29-15(27)7-13-20(28)26(12-5-3-4-9(21)18(12)30-13)8-14-25-17-16(24)10(22)6-11(23)19(17)31-14/h3-6,13H,2,7-8H2,1H3. The molecule has 1 aliphatic heterocycles. The highest BCUT2D eigenvalue weighted by Gasteiger charge is 2.38. The summed E-state index contributed by atoms with van der Waals surface area (Å²) in [6, 6.07) is 4.32. The van der Waals surface area contributed by atoms with E-state index in [-0.39, 0.29) is 34.3 Å². The zero-order chi connectivity index (χ0) is 22.3. The molecular weight excluding hydrogens is 440 g/mol. The maximum Gasteiger partial charge on any atom is 0.310 e. The minimum Gasteiger partial charge on any atom is -0.475 e. The number of halogens is 4. The quantitative estimate of drug-likeness (QED) is 0.330. The molecule has 1 aromatic heterocycles. The second kappa shape index (κ2) is 8.14. The van der Waals surface area contributed by atoms with Gasteiger partial charge in [0.05, 0.1) is 30.0 Å². The topological polar surface area (TPSA) is 68.7 Å². The second-order valence-electron chi connectivity index (χ2n) is 6.57. The van der Waals surface area contributed by atoms with Gasteiger partial charge in [0.15, 0.2) is 29.3 Å². The maximum absolute atomic E-state index is 14.4. The molecule has 0 radical (unpaired) electrons. The fourth-order valence-electron chi connectivity index (χ4n) is 3.21. The van der Waals surface area contributed by atoms with Crippen molar-refractivity contribution in [3.05, 3.63) is 52.5 Å². The van der Waals surface area contributed by atoms with Gasteiger partial charge in [0.1, 0.15) is 16.3 Å². The monoisotopic (exact) mass is 454 g/mol. The summed E-state index contributed by atoms with van der Waals surface area (Å²) in [6.07, 6.45) is -1.81. The van der Waals surface area contributed by atoms with Crippen molar-refractivity contribution < 1.29 is 36.6 Å². The summed E-state index contributed by atoms with van der Waals surface area (Å²) in [4.78, 5) is 29.9. The first kappa shape index (κ1) is 21.0. The fourth-order valence-corrected chi connectivity index (χ4v) is 4.16. The molecule has 0 saturated heterocycles. The average molecular weight is 454 g/mol. The highest BCUT2D eigenvalue weighted by atomic mass is 32.1. The molecular formula is C20H14F4N2O4S. The number of ether oxygens (including phenoxy) is 2. The van der Waals surface area contributed by atoms with Crippen molar-refractivity contribution in [1.82, 2.24) is 4.98 Å². The van der Waals surface area contributed by atoms with Gasteiger partial charge in [0, 0.05) is 6.07 Å². The lowest BCUT2D eigenvalue weighted by Crippen LogP contribution is -2.46. The van der Waals surface area contributed by atoms with Gasteiger partial charge in [0.2, 0.25) is 0 Å². The highest BCUT2D eigenvalue weighted by molar-refractivity contribution is 7.18. The number of hydrogen-bond acceptors (Lipinski definition) is 6. The summed E-state index contributed by atoms with van der Waals surface area (Å²) in [6.45, 7) is 1.39. The maximum atomic E-state index is 14.4. The van der Waals surface area contributed by atoms with Gasteiger partial charge in [-0.1, -0.05) is 6.07 Å². The first-order chi connectivity index (χ1) is 14.8. The molecule has 4 rings (SSSR count). The Kier molecular flexibility index (Phi) is 5.52. The highest BCUT2D eigenvalue weighted by Crippen LogP contribution is 2.39. The zero-order valence-electron chi connectivity index (χ0n) is 16.0. The normalized spacial score (nSPS) is 15.7. The van der Waals surface area contributed by atoms with Crippen LogP contribution in [0.4, 0.5) is 23.2 Å². The largest absolute Gasteiger partial charge is 0.475 e. The Hall–Kier alpha value is -3.21. The van der Waals surface area contributed by atoms with Crippen molar-refractivity contribution >= 4 is 39.1 Å². The Morgan fingerprint density at radius 1 is 1.23 bits per heavy atom. The molecule has 2 aromatic carbocycles. The van der Waals surface area contributed by atoms with Crippen LogP contribution >= 0.6 is 11.3 Å². The van der Waals surface area contributed by atoms with Gasteiger partial charge in [0.25, 0.3) is 5.91 Å². The van der Waals surface area contributed by atoms with Gasteiger partial charge in [-0.2, -0.15) is 0 Å². The van der Waals surface area contributed by atoms with E-state index in [2.05, 4.69) is 4.98 Å². The summed E-state index contributed by atoms with van der Waals surface area (Å²) in [5.74, 6) is -6.08. The van der Waals surface area contributed by atoms with Crippen LogP contribution in [0.2, 0.25) is 0 Å².